The van der Waals surface area contributed by atoms with Gasteiger partial charge in [-0.2, -0.15) is 0 Å². The fourth-order valence-corrected chi connectivity index (χ4v) is 12.7. The van der Waals surface area contributed by atoms with E-state index in [2.05, 4.69) is 45.2 Å². The summed E-state index contributed by atoms with van der Waals surface area (Å²) in [6.45, 7) is 8.59. The van der Waals surface area contributed by atoms with Gasteiger partial charge in [0.2, 0.25) is 5.91 Å². The van der Waals surface area contributed by atoms with Crippen LogP contribution in [0.5, 0.6) is 0 Å². The molecule has 0 spiro atoms. The van der Waals surface area contributed by atoms with Crippen molar-refractivity contribution in [1.82, 2.24) is 5.32 Å². The second-order valence-corrected chi connectivity index (χ2v) is 27.1. The number of unbranched alkanes of at least 4 members (excludes halogenated alkanes) is 33. The summed E-state index contributed by atoms with van der Waals surface area (Å²) in [5, 5.41) is 15.3. The SMILES string of the molecule is CCCCCC/C=C\CCCCCCCCCC(=O)N[C@H]1[C@H](OC[C@H]2O[C@H](OP(=O)(O)O)[C@H](OCCCCCCCCCCCC)[C@@H](OCCCCCCCCCCCC)[C@@H]2O)O[C@H](COC)[C@@H](OP(=O)(O)O)[C@@H]1OCC[C@@H](CCCCCCC)OC. The standard InChI is InChI=1S/C66H129NO18P2/c1-7-11-15-19-22-25-28-29-30-31-32-33-36-40-44-48-58(68)67-59-62(80-52-49-55(77-6)47-43-39-18-14-10-4)61(84-86(70,71)72)57(53-76-5)83-65(59)81-54-56-60(69)63(78-50-45-41-37-34-26-23-20-16-12-8-2)64(66(82-56)85-87(73,74)75)79-51-46-42-38-35-27-24-21-17-13-9-3/h25,28,55-57,59-66,69H,7-24,26-27,29-54H2,1-6H3,(H,67,68)(H2,70,71,72)(H2,73,74,75)/b28-25-/t55-,56-,57-,59-,60-,61-,62-,63+,64-,65-,66-/m1/s1. The van der Waals surface area contributed by atoms with Gasteiger partial charge in [-0.05, 0) is 57.8 Å². The molecular formula is C66H129NO18P2. The molecule has 0 bridgehead atoms. The maximum atomic E-state index is 14.1. The molecule has 0 unspecified atom stereocenters. The molecule has 0 radical (unpaired) electrons. The molecule has 2 saturated heterocycles. The molecule has 87 heavy (non-hydrogen) atoms. The molecule has 0 aromatic heterocycles. The van der Waals surface area contributed by atoms with Crippen LogP contribution in [-0.4, -0.2) is 145 Å². The largest absolute Gasteiger partial charge is 0.472 e. The van der Waals surface area contributed by atoms with E-state index in [0.717, 1.165) is 135 Å². The Labute approximate surface area is 528 Å². The summed E-state index contributed by atoms with van der Waals surface area (Å²) in [6, 6.07) is -1.24. The van der Waals surface area contributed by atoms with Gasteiger partial charge in [-0.15, -0.1) is 0 Å². The monoisotopic (exact) mass is 1290 g/mol. The summed E-state index contributed by atoms with van der Waals surface area (Å²) in [5.74, 6) is -0.374. The first-order valence-electron chi connectivity index (χ1n) is 35.0. The first kappa shape index (κ1) is 82.2. The number of nitrogens with one attached hydrogen (secondary N) is 1. The Morgan fingerprint density at radius 3 is 1.37 bits per heavy atom. The lowest BCUT2D eigenvalue weighted by Gasteiger charge is -2.47. The summed E-state index contributed by atoms with van der Waals surface area (Å²) in [4.78, 5) is 55.3. The van der Waals surface area contributed by atoms with E-state index in [1.807, 2.05) is 0 Å². The fourth-order valence-electron chi connectivity index (χ4n) is 11.7. The van der Waals surface area contributed by atoms with Crippen molar-refractivity contribution in [1.29, 1.82) is 0 Å². The number of carbonyl (C=O) groups excluding carboxylic acids is 1. The molecule has 516 valence electrons. The second kappa shape index (κ2) is 53.4. The molecule has 2 rings (SSSR count). The van der Waals surface area contributed by atoms with Crippen LogP contribution in [0.25, 0.3) is 0 Å². The lowest BCUT2D eigenvalue weighted by Crippen LogP contribution is -2.67. The fraction of sp³-hybridized carbons (Fsp3) is 0.955. The number of carbonyl (C=O) groups is 1. The Hall–Kier alpha value is -0.930. The molecule has 1 amide bonds. The van der Waals surface area contributed by atoms with Gasteiger partial charge in [-0.1, -0.05) is 239 Å². The van der Waals surface area contributed by atoms with E-state index in [0.29, 0.717) is 25.7 Å². The van der Waals surface area contributed by atoms with E-state index in [-0.39, 0.29) is 44.9 Å². The van der Waals surface area contributed by atoms with Crippen LogP contribution in [0.2, 0.25) is 0 Å². The predicted octanol–water partition coefficient (Wildman–Crippen LogP) is 15.3. The molecule has 2 aliphatic rings. The van der Waals surface area contributed by atoms with Gasteiger partial charge >= 0.3 is 15.6 Å². The summed E-state index contributed by atoms with van der Waals surface area (Å²) in [6.07, 6.45) is 35.1. The number of ether oxygens (including phenoxy) is 8. The Morgan fingerprint density at radius 1 is 0.460 bits per heavy atom. The number of hydrogen-bond acceptors (Lipinski definition) is 14. The highest BCUT2D eigenvalue weighted by Crippen LogP contribution is 2.44. The van der Waals surface area contributed by atoms with Crippen LogP contribution in [0.4, 0.5) is 0 Å². The van der Waals surface area contributed by atoms with Gasteiger partial charge in [-0.3, -0.25) is 13.8 Å². The first-order chi connectivity index (χ1) is 42.1. The van der Waals surface area contributed by atoms with Crippen LogP contribution in [-0.2, 0) is 60.9 Å². The Kier molecular flexibility index (Phi) is 50.5. The minimum atomic E-state index is -5.22. The number of aliphatic hydroxyl groups is 1. The molecule has 21 heteroatoms. The molecule has 0 saturated carbocycles. The maximum absolute atomic E-state index is 14.1. The zero-order valence-electron chi connectivity index (χ0n) is 55.5. The van der Waals surface area contributed by atoms with Crippen molar-refractivity contribution in [3.63, 3.8) is 0 Å². The van der Waals surface area contributed by atoms with Gasteiger partial charge in [0.05, 0.1) is 19.3 Å². The highest BCUT2D eigenvalue weighted by Gasteiger charge is 2.53. The second-order valence-electron chi connectivity index (χ2n) is 24.7. The molecule has 2 aliphatic heterocycles. The van der Waals surface area contributed by atoms with Crippen molar-refractivity contribution in [3.8, 4) is 0 Å². The lowest BCUT2D eigenvalue weighted by atomic mass is 9.95. The third-order valence-electron chi connectivity index (χ3n) is 16.8. The van der Waals surface area contributed by atoms with E-state index in [1.165, 1.54) is 103 Å². The molecule has 6 N–H and O–H groups in total. The number of aliphatic hydroxyl groups excluding tert-OH is 1. The maximum Gasteiger partial charge on any atom is 0.472 e. The van der Waals surface area contributed by atoms with Crippen LogP contribution in [0.15, 0.2) is 12.2 Å². The number of phosphoric acid groups is 2. The van der Waals surface area contributed by atoms with Crippen LogP contribution in [0.3, 0.4) is 0 Å². The highest BCUT2D eigenvalue weighted by atomic mass is 31.2. The average Bonchev–Trinajstić information content (AvgIpc) is 1.19. The van der Waals surface area contributed by atoms with Crippen molar-refractivity contribution in [3.05, 3.63) is 12.2 Å². The van der Waals surface area contributed by atoms with E-state index < -0.39 is 83.6 Å². The molecule has 2 fully saturated rings. The van der Waals surface area contributed by atoms with E-state index in [1.54, 1.807) is 7.11 Å². The first-order valence-corrected chi connectivity index (χ1v) is 38.1. The number of methoxy groups -OCH3 is 2. The molecule has 11 atom stereocenters. The molecule has 0 aliphatic carbocycles. The van der Waals surface area contributed by atoms with Crippen LogP contribution in [0, 0.1) is 0 Å². The smallest absolute Gasteiger partial charge is 0.387 e. The molecule has 0 aromatic carbocycles. The molecular weight excluding hydrogens is 1160 g/mol. The number of hydrogen-bond donors (Lipinski definition) is 6. The summed E-state index contributed by atoms with van der Waals surface area (Å²) < 4.78 is 86.1. The summed E-state index contributed by atoms with van der Waals surface area (Å²) in [5.41, 5.74) is 0. The Balaban J connectivity index is 2.40. The number of amides is 1. The minimum Gasteiger partial charge on any atom is -0.387 e. The van der Waals surface area contributed by atoms with Crippen molar-refractivity contribution in [2.45, 2.75) is 358 Å². The number of rotatable bonds is 60. The topological polar surface area (TPSA) is 257 Å². The van der Waals surface area contributed by atoms with Crippen LogP contribution in [0.1, 0.15) is 291 Å². The predicted molar refractivity (Wildman–Crippen MR) is 344 cm³/mol. The van der Waals surface area contributed by atoms with Crippen molar-refractivity contribution >= 4 is 21.6 Å². The minimum absolute atomic E-state index is 0.0533. The third-order valence-corrected chi connectivity index (χ3v) is 17.8. The van der Waals surface area contributed by atoms with Gasteiger partial charge in [0.15, 0.2) is 12.6 Å². The normalized spacial score (nSPS) is 23.3. The van der Waals surface area contributed by atoms with Crippen molar-refractivity contribution in [2.24, 2.45) is 0 Å². The van der Waals surface area contributed by atoms with Gasteiger partial charge in [-0.25, -0.2) is 9.13 Å². The van der Waals surface area contributed by atoms with Crippen molar-refractivity contribution < 1.29 is 85.5 Å². The van der Waals surface area contributed by atoms with Crippen molar-refractivity contribution in [2.75, 3.05) is 47.3 Å². The molecule has 0 aromatic rings. The van der Waals surface area contributed by atoms with Gasteiger partial charge in [0.25, 0.3) is 0 Å². The van der Waals surface area contributed by atoms with E-state index in [4.69, 9.17) is 46.9 Å². The highest BCUT2D eigenvalue weighted by molar-refractivity contribution is 7.46. The van der Waals surface area contributed by atoms with Gasteiger partial charge in [0, 0.05) is 40.5 Å². The summed E-state index contributed by atoms with van der Waals surface area (Å²) >= 11 is 0. The summed E-state index contributed by atoms with van der Waals surface area (Å²) in [7, 11) is -7.41. The number of phosphoric ester groups is 2. The molecule has 19 nitrogen and oxygen atoms in total. The Morgan fingerprint density at radius 2 is 0.885 bits per heavy atom. The lowest BCUT2D eigenvalue weighted by molar-refractivity contribution is -0.319. The van der Waals surface area contributed by atoms with Crippen LogP contribution < -0.4 is 5.32 Å². The number of allylic oxidation sites excluding steroid dienone is 2. The van der Waals surface area contributed by atoms with Crippen LogP contribution >= 0.6 is 15.6 Å². The van der Waals surface area contributed by atoms with Gasteiger partial charge in [0.1, 0.15) is 48.8 Å². The van der Waals surface area contributed by atoms with E-state index >= 15 is 0 Å². The Bertz CT molecular complexity index is 1730. The zero-order chi connectivity index (χ0) is 63.6. The quantitative estimate of drug-likeness (QED) is 0.0188. The van der Waals surface area contributed by atoms with E-state index in [9.17, 15) is 38.6 Å². The average molecular weight is 1290 g/mol. The third kappa shape index (κ3) is 41.4. The zero-order valence-corrected chi connectivity index (χ0v) is 57.3. The van der Waals surface area contributed by atoms with Gasteiger partial charge < -0.3 is 67.9 Å². The molecule has 2 heterocycles.